The molecule has 0 unspecified atom stereocenters. The summed E-state index contributed by atoms with van der Waals surface area (Å²) >= 11 is 0. The minimum Gasteiger partial charge on any atom is -0.368 e. The van der Waals surface area contributed by atoms with Crippen molar-refractivity contribution >= 4 is 22.7 Å². The summed E-state index contributed by atoms with van der Waals surface area (Å²) in [7, 11) is 2.01. The molecular weight excluding hydrogens is 462 g/mol. The van der Waals surface area contributed by atoms with Crippen molar-refractivity contribution in [2.24, 2.45) is 7.05 Å². The van der Waals surface area contributed by atoms with E-state index in [-0.39, 0.29) is 21.2 Å². The van der Waals surface area contributed by atoms with Crippen LogP contribution in [0.5, 0.6) is 0 Å². The maximum atomic E-state index is 11.1. The summed E-state index contributed by atoms with van der Waals surface area (Å²) in [5.74, 6) is 0. The van der Waals surface area contributed by atoms with E-state index in [9.17, 15) is 20.2 Å². The van der Waals surface area contributed by atoms with Gasteiger partial charge in [-0.15, -0.1) is 0 Å². The van der Waals surface area contributed by atoms with Crippen LogP contribution in [-0.4, -0.2) is 65.1 Å². The van der Waals surface area contributed by atoms with Crippen LogP contribution in [0.25, 0.3) is 0 Å². The van der Waals surface area contributed by atoms with Gasteiger partial charge in [-0.3, -0.25) is 25.1 Å². The molecule has 1 aliphatic rings. The van der Waals surface area contributed by atoms with Gasteiger partial charge in [0.25, 0.3) is 11.4 Å². The standard InChI is InChI=1S/C25H32N7O4/c1-26-13-14-28(21-26)12-2-11-27-15-17-29(22-3-7-24(8-4-22)31(33)34)19-20-30(18-16-27)23-5-9-25(10-6-23)32(35)36/h3-10,13-14,21H,2,11-12,15-20H2,1H3/q+1. The molecule has 3 aromatic rings. The summed E-state index contributed by atoms with van der Waals surface area (Å²) in [6, 6.07) is 13.4. The van der Waals surface area contributed by atoms with Crippen LogP contribution in [0.3, 0.4) is 0 Å². The largest absolute Gasteiger partial charge is 0.368 e. The fourth-order valence-electron chi connectivity index (χ4n) is 4.52. The summed E-state index contributed by atoms with van der Waals surface area (Å²) < 4.78 is 4.22. The number of nitro benzene ring substituents is 2. The Labute approximate surface area is 210 Å². The van der Waals surface area contributed by atoms with Crippen LogP contribution in [0.2, 0.25) is 0 Å². The first-order valence-electron chi connectivity index (χ1n) is 12.1. The van der Waals surface area contributed by atoms with Crippen LogP contribution in [0.1, 0.15) is 6.42 Å². The molecule has 0 bridgehead atoms. The number of nitro groups is 2. The second-order valence-electron chi connectivity index (χ2n) is 9.03. The Morgan fingerprint density at radius 3 is 1.64 bits per heavy atom. The van der Waals surface area contributed by atoms with Gasteiger partial charge in [-0.05, 0) is 30.7 Å². The number of anilines is 2. The Balaban J connectivity index is 1.48. The molecule has 0 radical (unpaired) electrons. The molecule has 0 amide bonds. The SMILES string of the molecule is C[n+]1ccn(CCCN2CCN(c3ccc([N+](=O)[O-])cc3)CCN(c3ccc([N+](=O)[O-])cc3)CC2)c1. The highest BCUT2D eigenvalue weighted by molar-refractivity contribution is 5.53. The van der Waals surface area contributed by atoms with Crippen molar-refractivity contribution in [1.29, 1.82) is 0 Å². The van der Waals surface area contributed by atoms with Gasteiger partial charge in [0.1, 0.15) is 12.4 Å². The lowest BCUT2D eigenvalue weighted by Crippen LogP contribution is -2.37. The van der Waals surface area contributed by atoms with E-state index in [2.05, 4.69) is 31.8 Å². The Hall–Kier alpha value is -3.99. The second-order valence-corrected chi connectivity index (χ2v) is 9.03. The number of rotatable bonds is 8. The molecule has 0 spiro atoms. The minimum absolute atomic E-state index is 0.0792. The number of non-ortho nitro benzene ring substituents is 2. The van der Waals surface area contributed by atoms with Gasteiger partial charge < -0.3 is 9.80 Å². The lowest BCUT2D eigenvalue weighted by Gasteiger charge is -2.28. The Morgan fingerprint density at radius 2 is 1.22 bits per heavy atom. The fraction of sp³-hybridized carbons (Fsp3) is 0.400. The zero-order valence-electron chi connectivity index (χ0n) is 20.5. The molecule has 0 atom stereocenters. The van der Waals surface area contributed by atoms with E-state index in [0.717, 1.165) is 70.2 Å². The van der Waals surface area contributed by atoms with Gasteiger partial charge in [0, 0.05) is 81.5 Å². The van der Waals surface area contributed by atoms with E-state index in [1.54, 1.807) is 24.3 Å². The van der Waals surface area contributed by atoms with Crippen molar-refractivity contribution in [2.75, 3.05) is 55.6 Å². The van der Waals surface area contributed by atoms with E-state index < -0.39 is 0 Å². The van der Waals surface area contributed by atoms with Crippen LogP contribution < -0.4 is 14.4 Å². The third kappa shape index (κ3) is 6.57. The topological polar surface area (TPSA) is 105 Å². The first-order valence-corrected chi connectivity index (χ1v) is 12.1. The van der Waals surface area contributed by atoms with Gasteiger partial charge in [0.15, 0.2) is 0 Å². The quantitative estimate of drug-likeness (QED) is 0.269. The average Bonchev–Trinajstić information content (AvgIpc) is 3.33. The smallest absolute Gasteiger partial charge is 0.269 e. The van der Waals surface area contributed by atoms with Crippen molar-refractivity contribution < 1.29 is 14.4 Å². The summed E-state index contributed by atoms with van der Waals surface area (Å²) in [5.41, 5.74) is 2.06. The number of nitrogens with zero attached hydrogens (tertiary/aromatic N) is 7. The lowest BCUT2D eigenvalue weighted by atomic mass is 10.2. The monoisotopic (exact) mass is 494 g/mol. The fourth-order valence-corrected chi connectivity index (χ4v) is 4.52. The van der Waals surface area contributed by atoms with Crippen molar-refractivity contribution in [3.05, 3.63) is 87.5 Å². The molecule has 190 valence electrons. The molecule has 0 N–H and O–H groups in total. The van der Waals surface area contributed by atoms with Gasteiger partial charge in [-0.25, -0.2) is 9.13 Å². The molecule has 1 saturated heterocycles. The molecule has 2 heterocycles. The summed E-state index contributed by atoms with van der Waals surface area (Å²) in [4.78, 5) is 28.4. The molecule has 0 aliphatic carbocycles. The predicted octanol–water partition coefficient (Wildman–Crippen LogP) is 2.85. The molecule has 1 fully saturated rings. The van der Waals surface area contributed by atoms with Crippen LogP contribution in [0.4, 0.5) is 22.7 Å². The van der Waals surface area contributed by atoms with Crippen molar-refractivity contribution in [3.8, 4) is 0 Å². The molecule has 2 aromatic carbocycles. The minimum atomic E-state index is -0.384. The van der Waals surface area contributed by atoms with Gasteiger partial charge in [0.2, 0.25) is 6.33 Å². The number of hydrogen-bond donors (Lipinski definition) is 0. The number of aryl methyl sites for hydroxylation is 2. The Kier molecular flexibility index (Phi) is 8.11. The highest BCUT2D eigenvalue weighted by Crippen LogP contribution is 2.23. The normalized spacial score (nSPS) is 15.2. The van der Waals surface area contributed by atoms with Crippen molar-refractivity contribution in [1.82, 2.24) is 9.47 Å². The van der Waals surface area contributed by atoms with Crippen LogP contribution in [0, 0.1) is 20.2 Å². The van der Waals surface area contributed by atoms with E-state index in [1.165, 1.54) is 0 Å². The van der Waals surface area contributed by atoms with Crippen LogP contribution in [-0.2, 0) is 13.6 Å². The van der Waals surface area contributed by atoms with Crippen LogP contribution >= 0.6 is 0 Å². The second kappa shape index (κ2) is 11.6. The number of benzene rings is 2. The van der Waals surface area contributed by atoms with E-state index in [1.807, 2.05) is 42.1 Å². The van der Waals surface area contributed by atoms with E-state index >= 15 is 0 Å². The van der Waals surface area contributed by atoms with Crippen molar-refractivity contribution in [2.45, 2.75) is 13.0 Å². The van der Waals surface area contributed by atoms with Gasteiger partial charge in [0.05, 0.1) is 23.4 Å². The maximum Gasteiger partial charge on any atom is 0.269 e. The number of aromatic nitrogens is 2. The Bertz CT molecular complexity index is 1090. The van der Waals surface area contributed by atoms with E-state index in [0.29, 0.717) is 0 Å². The molecule has 4 rings (SSSR count). The van der Waals surface area contributed by atoms with Gasteiger partial charge in [-0.1, -0.05) is 0 Å². The first kappa shape index (κ1) is 25.1. The molecule has 11 nitrogen and oxygen atoms in total. The molecule has 1 aromatic heterocycles. The zero-order valence-corrected chi connectivity index (χ0v) is 20.5. The highest BCUT2D eigenvalue weighted by atomic mass is 16.6. The lowest BCUT2D eigenvalue weighted by molar-refractivity contribution is -0.671. The van der Waals surface area contributed by atoms with Gasteiger partial charge in [-0.2, -0.15) is 0 Å². The molecule has 36 heavy (non-hydrogen) atoms. The molecule has 11 heteroatoms. The predicted molar refractivity (Wildman–Crippen MR) is 137 cm³/mol. The zero-order chi connectivity index (χ0) is 25.5. The highest BCUT2D eigenvalue weighted by Gasteiger charge is 2.19. The summed E-state index contributed by atoms with van der Waals surface area (Å²) in [6.07, 6.45) is 7.20. The summed E-state index contributed by atoms with van der Waals surface area (Å²) in [6.45, 7) is 6.74. The number of imidazole rings is 1. The molecule has 1 aliphatic heterocycles. The van der Waals surface area contributed by atoms with Crippen LogP contribution in [0.15, 0.2) is 67.3 Å². The van der Waals surface area contributed by atoms with Crippen molar-refractivity contribution in [3.63, 3.8) is 0 Å². The first-order chi connectivity index (χ1) is 17.4. The number of hydrogen-bond acceptors (Lipinski definition) is 7. The third-order valence-electron chi connectivity index (χ3n) is 6.58. The molecule has 0 saturated carbocycles. The van der Waals surface area contributed by atoms with E-state index in [4.69, 9.17) is 0 Å². The summed E-state index contributed by atoms with van der Waals surface area (Å²) in [5, 5.41) is 22.2. The third-order valence-corrected chi connectivity index (χ3v) is 6.58. The average molecular weight is 495 g/mol. The Morgan fingerprint density at radius 1 is 0.750 bits per heavy atom. The molecular formula is C25H32N7O4+. The van der Waals surface area contributed by atoms with Gasteiger partial charge >= 0.3 is 0 Å². The maximum absolute atomic E-state index is 11.1.